The summed E-state index contributed by atoms with van der Waals surface area (Å²) < 4.78 is 12.3. The SMILES string of the molecule is COc1ccc([Si](C)(C)[C@H]2[C@H](CCO)O[C@@]3(C(=O)N(Cc4cccc(NC(=O)C5CCCNC5)c4)c4ccc([N+](=O)[O-])cc43)[C@@H]2C)cc1. The fraction of sp³-hybridized carbons (Fsp3) is 0.444. The molecule has 48 heavy (non-hydrogen) atoms. The molecule has 12 heteroatoms. The highest BCUT2D eigenvalue weighted by molar-refractivity contribution is 6.91. The van der Waals surface area contributed by atoms with E-state index >= 15 is 0 Å². The molecule has 11 nitrogen and oxygen atoms in total. The molecule has 0 radical (unpaired) electrons. The van der Waals surface area contributed by atoms with Gasteiger partial charge in [0.15, 0.2) is 5.60 Å². The van der Waals surface area contributed by atoms with Gasteiger partial charge < -0.3 is 30.1 Å². The first-order valence-corrected chi connectivity index (χ1v) is 19.7. The van der Waals surface area contributed by atoms with Crippen LogP contribution in [0.25, 0.3) is 0 Å². The van der Waals surface area contributed by atoms with Crippen molar-refractivity contribution >= 4 is 42.1 Å². The van der Waals surface area contributed by atoms with Crippen molar-refractivity contribution < 1.29 is 29.1 Å². The minimum absolute atomic E-state index is 0.0361. The van der Waals surface area contributed by atoms with Gasteiger partial charge in [0.2, 0.25) is 5.91 Å². The van der Waals surface area contributed by atoms with E-state index in [0.29, 0.717) is 29.9 Å². The van der Waals surface area contributed by atoms with Crippen molar-refractivity contribution in [2.24, 2.45) is 11.8 Å². The number of nitro benzene ring substituents is 1. The van der Waals surface area contributed by atoms with Crippen LogP contribution in [0.4, 0.5) is 17.1 Å². The normalized spacial score (nSPS) is 25.3. The quantitative estimate of drug-likeness (QED) is 0.160. The summed E-state index contributed by atoms with van der Waals surface area (Å²) in [6.07, 6.45) is 1.67. The highest BCUT2D eigenvalue weighted by Gasteiger charge is 2.66. The van der Waals surface area contributed by atoms with Gasteiger partial charge in [0, 0.05) is 42.5 Å². The van der Waals surface area contributed by atoms with Gasteiger partial charge in [-0.3, -0.25) is 19.7 Å². The standard InChI is InChI=1S/C36H44N4O7Si/c1-23-33(48(3,4)29-13-11-28(46-2)12-14-29)32(16-18-41)47-36(23)30-20-27(40(44)45)10-15-31(30)39(35(36)43)22-24-7-5-9-26(19-24)38-34(42)25-8-6-17-37-21-25/h5,7,9-15,19-20,23,25,32-33,37,41H,6,8,16-18,21-22H2,1-4H3,(H,38,42)/t23-,25?,32+,33-,36+/m1/s1. The Hall–Kier alpha value is -4.10. The lowest BCUT2D eigenvalue weighted by atomic mass is 9.82. The summed E-state index contributed by atoms with van der Waals surface area (Å²) in [5.41, 5.74) is 0.806. The van der Waals surface area contributed by atoms with E-state index in [9.17, 15) is 24.8 Å². The van der Waals surface area contributed by atoms with Gasteiger partial charge in [-0.25, -0.2) is 0 Å². The number of hydrogen-bond acceptors (Lipinski definition) is 8. The predicted octanol–water partition coefficient (Wildman–Crippen LogP) is 4.69. The number of carbonyl (C=O) groups excluding carboxylic acids is 2. The number of ether oxygens (including phenoxy) is 2. The van der Waals surface area contributed by atoms with Gasteiger partial charge in [-0.2, -0.15) is 0 Å². The summed E-state index contributed by atoms with van der Waals surface area (Å²) in [5, 5.41) is 29.6. The molecule has 2 saturated heterocycles. The van der Waals surface area contributed by atoms with Crippen LogP contribution in [0.5, 0.6) is 5.75 Å². The first kappa shape index (κ1) is 33.8. The van der Waals surface area contributed by atoms with E-state index in [1.165, 1.54) is 12.1 Å². The predicted molar refractivity (Wildman–Crippen MR) is 186 cm³/mol. The summed E-state index contributed by atoms with van der Waals surface area (Å²) in [4.78, 5) is 41.0. The number of carbonyl (C=O) groups is 2. The molecule has 0 saturated carbocycles. The molecule has 3 aromatic rings. The Morgan fingerprint density at radius 2 is 1.96 bits per heavy atom. The number of nitrogens with zero attached hydrogens (tertiary/aromatic N) is 2. The number of hydrogen-bond donors (Lipinski definition) is 3. The van der Waals surface area contributed by atoms with Gasteiger partial charge in [-0.15, -0.1) is 0 Å². The number of benzene rings is 3. The Kier molecular flexibility index (Phi) is 9.45. The van der Waals surface area contributed by atoms with Gasteiger partial charge in [0.05, 0.1) is 44.4 Å². The average Bonchev–Trinajstić information content (AvgIpc) is 3.51. The second-order valence-electron chi connectivity index (χ2n) is 13.8. The molecular formula is C36H44N4O7Si. The first-order valence-electron chi connectivity index (χ1n) is 16.7. The Bertz CT molecular complexity index is 1690. The monoisotopic (exact) mass is 672 g/mol. The smallest absolute Gasteiger partial charge is 0.269 e. The second kappa shape index (κ2) is 13.4. The highest BCUT2D eigenvalue weighted by Crippen LogP contribution is 2.60. The van der Waals surface area contributed by atoms with Gasteiger partial charge in [-0.05, 0) is 67.2 Å². The molecule has 3 aliphatic heterocycles. The summed E-state index contributed by atoms with van der Waals surface area (Å²) in [6, 6.07) is 20.0. The third-order valence-corrected chi connectivity index (χ3v) is 15.0. The van der Waals surface area contributed by atoms with E-state index in [1.807, 2.05) is 43.3 Å². The lowest BCUT2D eigenvalue weighted by Crippen LogP contribution is -2.51. The third kappa shape index (κ3) is 5.91. The van der Waals surface area contributed by atoms with Gasteiger partial charge in [0.25, 0.3) is 11.6 Å². The molecule has 3 aromatic carbocycles. The number of anilines is 2. The molecule has 0 aliphatic carbocycles. The van der Waals surface area contributed by atoms with Crippen molar-refractivity contribution in [3.63, 3.8) is 0 Å². The molecule has 2 fully saturated rings. The van der Waals surface area contributed by atoms with Gasteiger partial charge in [-0.1, -0.05) is 49.5 Å². The van der Waals surface area contributed by atoms with Crippen molar-refractivity contribution in [2.75, 3.05) is 37.0 Å². The number of methoxy groups -OCH3 is 1. The largest absolute Gasteiger partial charge is 0.497 e. The van der Waals surface area contributed by atoms with E-state index in [2.05, 4.69) is 35.9 Å². The van der Waals surface area contributed by atoms with Gasteiger partial charge >= 0.3 is 0 Å². The fourth-order valence-corrected chi connectivity index (χ4v) is 12.3. The van der Waals surface area contributed by atoms with Crippen LogP contribution in [-0.2, 0) is 26.5 Å². The van der Waals surface area contributed by atoms with Crippen molar-refractivity contribution in [1.82, 2.24) is 5.32 Å². The third-order valence-electron chi connectivity index (χ3n) is 10.6. The number of aliphatic hydroxyl groups excluding tert-OH is 1. The van der Waals surface area contributed by atoms with E-state index in [4.69, 9.17) is 9.47 Å². The number of piperidine rings is 1. The maximum atomic E-state index is 14.9. The average molecular weight is 673 g/mol. The number of nitro groups is 1. The molecule has 0 aromatic heterocycles. The summed E-state index contributed by atoms with van der Waals surface area (Å²) in [6.45, 7) is 8.14. The highest BCUT2D eigenvalue weighted by atomic mass is 28.3. The van der Waals surface area contributed by atoms with Crippen LogP contribution < -0.4 is 25.5 Å². The van der Waals surface area contributed by atoms with Crippen molar-refractivity contribution in [1.29, 1.82) is 0 Å². The molecule has 254 valence electrons. The van der Waals surface area contributed by atoms with Crippen molar-refractivity contribution in [3.05, 3.63) is 88.0 Å². The molecular weight excluding hydrogens is 629 g/mol. The lowest BCUT2D eigenvalue weighted by Gasteiger charge is -2.37. The second-order valence-corrected chi connectivity index (χ2v) is 18.4. The summed E-state index contributed by atoms with van der Waals surface area (Å²) in [5.74, 6) is -0.0215. The van der Waals surface area contributed by atoms with Crippen molar-refractivity contribution in [2.45, 2.75) is 63.1 Å². The molecule has 2 amide bonds. The Morgan fingerprint density at radius 3 is 2.62 bits per heavy atom. The van der Waals surface area contributed by atoms with E-state index in [0.717, 1.165) is 35.9 Å². The molecule has 3 N–H and O–H groups in total. The van der Waals surface area contributed by atoms with Crippen LogP contribution in [0, 0.1) is 22.0 Å². The number of amides is 2. The molecule has 1 spiro atoms. The summed E-state index contributed by atoms with van der Waals surface area (Å²) in [7, 11) is -0.774. The zero-order chi connectivity index (χ0) is 34.2. The van der Waals surface area contributed by atoms with Crippen LogP contribution in [0.1, 0.15) is 37.3 Å². The summed E-state index contributed by atoms with van der Waals surface area (Å²) >= 11 is 0. The number of fused-ring (bicyclic) bond motifs is 2. The molecule has 6 rings (SSSR count). The van der Waals surface area contributed by atoms with E-state index in [1.54, 1.807) is 18.1 Å². The van der Waals surface area contributed by atoms with Crippen LogP contribution in [-0.4, -0.2) is 62.8 Å². The molecule has 1 unspecified atom stereocenters. The van der Waals surface area contributed by atoms with Crippen LogP contribution in [0.15, 0.2) is 66.7 Å². The van der Waals surface area contributed by atoms with E-state index < -0.39 is 24.7 Å². The number of nitrogens with one attached hydrogen (secondary N) is 2. The van der Waals surface area contributed by atoms with Crippen LogP contribution in [0.2, 0.25) is 18.6 Å². The Labute approximate surface area is 281 Å². The zero-order valence-corrected chi connectivity index (χ0v) is 28.9. The maximum absolute atomic E-state index is 14.9. The number of non-ortho nitro benzene ring substituents is 1. The zero-order valence-electron chi connectivity index (χ0n) is 27.9. The minimum Gasteiger partial charge on any atom is -0.497 e. The number of rotatable bonds is 10. The Morgan fingerprint density at radius 1 is 1.19 bits per heavy atom. The lowest BCUT2D eigenvalue weighted by molar-refractivity contribution is -0.385. The molecule has 3 heterocycles. The van der Waals surface area contributed by atoms with Gasteiger partial charge in [0.1, 0.15) is 5.75 Å². The molecule has 3 aliphatic rings. The topological polar surface area (TPSA) is 143 Å². The van der Waals surface area contributed by atoms with Crippen LogP contribution in [0.3, 0.4) is 0 Å². The molecule has 0 bridgehead atoms. The maximum Gasteiger partial charge on any atom is 0.269 e. The fourth-order valence-electron chi connectivity index (χ4n) is 8.22. The van der Waals surface area contributed by atoms with Crippen LogP contribution >= 0.6 is 0 Å². The molecule has 5 atom stereocenters. The van der Waals surface area contributed by atoms with Crippen molar-refractivity contribution in [3.8, 4) is 5.75 Å². The minimum atomic E-state index is -2.40. The Balaban J connectivity index is 1.36. The first-order chi connectivity index (χ1) is 23.0. The van der Waals surface area contributed by atoms with E-state index in [-0.39, 0.29) is 48.0 Å². The number of aliphatic hydroxyl groups is 1.